The summed E-state index contributed by atoms with van der Waals surface area (Å²) in [5.41, 5.74) is 3.35. The van der Waals surface area contributed by atoms with E-state index < -0.39 is 17.3 Å². The molecule has 5 heterocycles. The summed E-state index contributed by atoms with van der Waals surface area (Å²) in [4.78, 5) is 37.5. The minimum absolute atomic E-state index is 0.0631. The number of hydrogen-bond acceptors (Lipinski definition) is 7. The second-order valence-electron chi connectivity index (χ2n) is 11.8. The van der Waals surface area contributed by atoms with Gasteiger partial charge in [-0.3, -0.25) is 9.20 Å². The number of nitrogens with one attached hydrogen (secondary N) is 2. The first-order chi connectivity index (χ1) is 20.7. The fraction of sp³-hybridized carbons (Fsp3) is 0.312. The van der Waals surface area contributed by atoms with Gasteiger partial charge in [-0.1, -0.05) is 6.07 Å². The van der Waals surface area contributed by atoms with Gasteiger partial charge < -0.3 is 25.2 Å². The van der Waals surface area contributed by atoms with Crippen molar-refractivity contribution in [2.75, 3.05) is 44.4 Å². The van der Waals surface area contributed by atoms with Crippen molar-refractivity contribution >= 4 is 44.8 Å². The highest BCUT2D eigenvalue weighted by atomic mass is 19.1. The summed E-state index contributed by atoms with van der Waals surface area (Å²) in [5.74, 6) is -1.00. The van der Waals surface area contributed by atoms with Gasteiger partial charge in [-0.15, -0.1) is 0 Å². The molecule has 1 aliphatic carbocycles. The quantitative estimate of drug-likeness (QED) is 0.277. The summed E-state index contributed by atoms with van der Waals surface area (Å²) in [5, 5.41) is 23.8. The summed E-state index contributed by atoms with van der Waals surface area (Å²) >= 11 is 0. The molecule has 3 atom stereocenters. The number of aromatic nitrogens is 3. The number of halogens is 1. The molecule has 4 aromatic heterocycles. The van der Waals surface area contributed by atoms with Crippen molar-refractivity contribution in [3.63, 3.8) is 0 Å². The van der Waals surface area contributed by atoms with Crippen LogP contribution in [0.5, 0.6) is 0 Å². The Labute approximate surface area is 246 Å². The van der Waals surface area contributed by atoms with E-state index in [9.17, 15) is 20.0 Å². The summed E-state index contributed by atoms with van der Waals surface area (Å²) in [7, 11) is 5.93. The molecule has 2 fully saturated rings. The zero-order valence-corrected chi connectivity index (χ0v) is 24.0. The van der Waals surface area contributed by atoms with Crippen LogP contribution in [-0.2, 0) is 0 Å². The normalized spacial score (nSPS) is 19.9. The Morgan fingerprint density at radius 1 is 1.21 bits per heavy atom. The monoisotopic (exact) mass is 579 g/mol. The van der Waals surface area contributed by atoms with Crippen LogP contribution >= 0.6 is 0 Å². The molecular weight excluding hydrogens is 549 g/mol. The summed E-state index contributed by atoms with van der Waals surface area (Å²) in [6, 6.07) is 10.4. The molecule has 0 spiro atoms. The van der Waals surface area contributed by atoms with Gasteiger partial charge in [0.2, 0.25) is 0 Å². The van der Waals surface area contributed by atoms with Crippen molar-refractivity contribution < 1.29 is 14.3 Å². The third-order valence-corrected chi connectivity index (χ3v) is 9.40. The van der Waals surface area contributed by atoms with Gasteiger partial charge >= 0.3 is 5.97 Å². The van der Waals surface area contributed by atoms with E-state index >= 15 is 4.39 Å². The Balaban J connectivity index is 1.54. The van der Waals surface area contributed by atoms with Gasteiger partial charge in [0, 0.05) is 66.7 Å². The van der Waals surface area contributed by atoms with Crippen LogP contribution in [0.4, 0.5) is 15.8 Å². The molecule has 11 heteroatoms. The predicted octanol–water partition coefficient (Wildman–Crippen LogP) is 4.52. The van der Waals surface area contributed by atoms with Crippen molar-refractivity contribution in [2.24, 2.45) is 11.8 Å². The molecule has 1 aliphatic heterocycles. The first-order valence-electron chi connectivity index (χ1n) is 14.3. The van der Waals surface area contributed by atoms with Crippen molar-refractivity contribution in [1.82, 2.24) is 19.3 Å². The minimum Gasteiger partial charge on any atom is -0.477 e. The van der Waals surface area contributed by atoms with E-state index in [1.165, 1.54) is 16.5 Å². The van der Waals surface area contributed by atoms with E-state index in [0.29, 0.717) is 62.1 Å². The van der Waals surface area contributed by atoms with Crippen molar-refractivity contribution in [2.45, 2.75) is 18.9 Å². The van der Waals surface area contributed by atoms with Gasteiger partial charge in [0.1, 0.15) is 23.1 Å². The number of aromatic amines is 1. The van der Waals surface area contributed by atoms with E-state index in [1.54, 1.807) is 31.6 Å². The zero-order valence-electron chi connectivity index (χ0n) is 24.0. The number of nitriles is 1. The Bertz CT molecular complexity index is 2080. The third-order valence-electron chi connectivity index (χ3n) is 9.40. The fourth-order valence-corrected chi connectivity index (χ4v) is 7.40. The van der Waals surface area contributed by atoms with Gasteiger partial charge in [0.15, 0.2) is 0 Å². The Morgan fingerprint density at radius 2 is 2.00 bits per heavy atom. The number of pyridine rings is 3. The molecule has 5 aromatic rings. The van der Waals surface area contributed by atoms with Crippen LogP contribution in [-0.4, -0.2) is 70.6 Å². The summed E-state index contributed by atoms with van der Waals surface area (Å²) in [6.45, 7) is 1.57. The number of benzene rings is 1. The number of anilines is 2. The average Bonchev–Trinajstić information content (AvgIpc) is 3.69. The molecule has 1 aromatic carbocycles. The van der Waals surface area contributed by atoms with Crippen LogP contribution in [0.25, 0.3) is 38.6 Å². The van der Waals surface area contributed by atoms with E-state index in [2.05, 4.69) is 40.3 Å². The first-order valence-corrected chi connectivity index (χ1v) is 14.3. The Kier molecular flexibility index (Phi) is 6.14. The largest absolute Gasteiger partial charge is 0.477 e. The van der Waals surface area contributed by atoms with Gasteiger partial charge in [-0.25, -0.2) is 14.2 Å². The van der Waals surface area contributed by atoms with Crippen LogP contribution < -0.4 is 15.8 Å². The highest BCUT2D eigenvalue weighted by molar-refractivity contribution is 6.19. The predicted molar refractivity (Wildman–Crippen MR) is 163 cm³/mol. The van der Waals surface area contributed by atoms with Gasteiger partial charge in [-0.05, 0) is 57.0 Å². The number of fused-ring (bicyclic) bond motifs is 5. The number of hydrogen-bond donors (Lipinski definition) is 3. The number of carbonyl (C=O) groups is 1. The first kappa shape index (κ1) is 26.9. The van der Waals surface area contributed by atoms with Crippen molar-refractivity contribution in [3.8, 4) is 17.2 Å². The van der Waals surface area contributed by atoms with Gasteiger partial charge in [0.05, 0.1) is 27.8 Å². The molecular formula is C32H30FN7O3. The molecule has 0 bridgehead atoms. The number of aromatic carboxylic acids is 1. The highest BCUT2D eigenvalue weighted by Gasteiger charge is 2.44. The molecule has 7 rings (SSSR count). The molecule has 1 saturated heterocycles. The molecule has 1 saturated carbocycles. The van der Waals surface area contributed by atoms with Crippen molar-refractivity contribution in [1.29, 1.82) is 5.26 Å². The van der Waals surface area contributed by atoms with Crippen LogP contribution in [0, 0.1) is 29.0 Å². The lowest BCUT2D eigenvalue weighted by molar-refractivity contribution is 0.0694. The zero-order chi connectivity index (χ0) is 30.2. The van der Waals surface area contributed by atoms with Gasteiger partial charge in [0.25, 0.3) is 5.56 Å². The second kappa shape index (κ2) is 9.81. The fourth-order valence-electron chi connectivity index (χ4n) is 7.40. The molecule has 2 aliphatic rings. The summed E-state index contributed by atoms with van der Waals surface area (Å²) < 4.78 is 16.7. The molecule has 218 valence electrons. The van der Waals surface area contributed by atoms with E-state index in [-0.39, 0.29) is 11.1 Å². The second-order valence-corrected chi connectivity index (χ2v) is 11.8. The van der Waals surface area contributed by atoms with Crippen LogP contribution in [0.1, 0.15) is 28.8 Å². The topological polar surface area (TPSA) is 130 Å². The number of H-pyrrole nitrogens is 1. The molecule has 0 amide bonds. The van der Waals surface area contributed by atoms with E-state index in [4.69, 9.17) is 4.98 Å². The molecule has 43 heavy (non-hydrogen) atoms. The third kappa shape index (κ3) is 3.97. The lowest BCUT2D eigenvalue weighted by Gasteiger charge is -2.28. The Hall–Kier alpha value is -4.95. The highest BCUT2D eigenvalue weighted by Crippen LogP contribution is 2.48. The maximum absolute atomic E-state index is 15.4. The van der Waals surface area contributed by atoms with E-state index in [0.717, 1.165) is 31.6 Å². The number of nitrogens with zero attached hydrogens (tertiary/aromatic N) is 5. The minimum atomic E-state index is -1.29. The number of rotatable bonds is 5. The molecule has 0 radical (unpaired) electrons. The SMILES string of the molecule is CNc1cc(F)c(C#N)c2c1[nH]c1ncc(-c3ccc4ccc(C(=O)O)c(=O)n4c3)c(N3CC4CC[C@@H](N(C)C)C4C3)c12. The number of carboxylic acids is 1. The molecule has 3 N–H and O–H groups in total. The standard InChI is InChI=1S/C32H30FN7O3/c1-35-24-10-23(33)20(11-34)26-27-29(39-13-16-5-9-25(38(2)3)22(16)15-39)21(12-36-30(27)37-28(24)26)17-4-6-18-7-8-19(32(42)43)31(41)40(18)14-17/h4,6-8,10,12,14,16,22,25,35H,5,9,13,15H2,1-3H3,(H,36,37)(H,42,43)/t16?,22?,25-/m1/s1. The smallest absolute Gasteiger partial charge is 0.341 e. The maximum Gasteiger partial charge on any atom is 0.341 e. The van der Waals surface area contributed by atoms with Crippen LogP contribution in [0.3, 0.4) is 0 Å². The van der Waals surface area contributed by atoms with E-state index in [1.807, 2.05) is 6.07 Å². The van der Waals surface area contributed by atoms with Crippen LogP contribution in [0.15, 0.2) is 47.5 Å². The molecule has 2 unspecified atom stereocenters. The number of carboxylic acid groups (broad SMARTS) is 1. The lowest BCUT2D eigenvalue weighted by atomic mass is 9.97. The average molecular weight is 580 g/mol. The van der Waals surface area contributed by atoms with Crippen molar-refractivity contribution in [3.05, 3.63) is 70.0 Å². The van der Waals surface area contributed by atoms with Gasteiger partial charge in [-0.2, -0.15) is 5.26 Å². The Morgan fingerprint density at radius 3 is 2.72 bits per heavy atom. The summed E-state index contributed by atoms with van der Waals surface area (Å²) in [6.07, 6.45) is 5.61. The van der Waals surface area contributed by atoms with Crippen LogP contribution in [0.2, 0.25) is 0 Å². The molecule has 10 nitrogen and oxygen atoms in total. The lowest BCUT2D eigenvalue weighted by Crippen LogP contribution is -2.35. The maximum atomic E-state index is 15.4.